The van der Waals surface area contributed by atoms with Gasteiger partial charge in [0.1, 0.15) is 6.17 Å². The SMILES string of the molecule is O=C1c2ccccc2NC(c2ccncc2)N1Nc1ccccc1. The Kier molecular flexibility index (Phi) is 3.59. The minimum absolute atomic E-state index is 0.0741. The Morgan fingerprint density at radius 3 is 2.42 bits per heavy atom. The van der Waals surface area contributed by atoms with Gasteiger partial charge in [0.2, 0.25) is 0 Å². The van der Waals surface area contributed by atoms with Gasteiger partial charge < -0.3 is 5.32 Å². The van der Waals surface area contributed by atoms with Gasteiger partial charge in [0.05, 0.1) is 11.3 Å². The molecule has 1 amide bonds. The van der Waals surface area contributed by atoms with E-state index in [1.807, 2.05) is 66.7 Å². The van der Waals surface area contributed by atoms with Gasteiger partial charge in [-0.3, -0.25) is 15.2 Å². The average Bonchev–Trinajstić information content (AvgIpc) is 2.65. The van der Waals surface area contributed by atoms with E-state index < -0.39 is 0 Å². The van der Waals surface area contributed by atoms with Crippen molar-refractivity contribution in [2.45, 2.75) is 6.17 Å². The summed E-state index contributed by atoms with van der Waals surface area (Å²) in [5, 5.41) is 5.05. The summed E-state index contributed by atoms with van der Waals surface area (Å²) in [6.45, 7) is 0. The number of nitrogens with one attached hydrogen (secondary N) is 2. The van der Waals surface area contributed by atoms with E-state index in [9.17, 15) is 4.79 Å². The molecule has 1 aliphatic heterocycles. The van der Waals surface area contributed by atoms with E-state index in [2.05, 4.69) is 15.7 Å². The summed E-state index contributed by atoms with van der Waals surface area (Å²) < 4.78 is 0. The molecule has 4 rings (SSSR count). The van der Waals surface area contributed by atoms with Crippen molar-refractivity contribution in [3.63, 3.8) is 0 Å². The molecule has 1 atom stereocenters. The van der Waals surface area contributed by atoms with Crippen LogP contribution in [0.2, 0.25) is 0 Å². The van der Waals surface area contributed by atoms with Crippen molar-refractivity contribution in [2.75, 3.05) is 10.7 Å². The molecule has 0 fully saturated rings. The Morgan fingerprint density at radius 1 is 0.917 bits per heavy atom. The number of rotatable bonds is 3. The number of pyridine rings is 1. The van der Waals surface area contributed by atoms with E-state index >= 15 is 0 Å². The van der Waals surface area contributed by atoms with Crippen molar-refractivity contribution in [3.05, 3.63) is 90.3 Å². The largest absolute Gasteiger partial charge is 0.359 e. The standard InChI is InChI=1S/C19H16N4O/c24-19-16-8-4-5-9-17(16)21-18(14-10-12-20-13-11-14)23(19)22-15-6-2-1-3-7-15/h1-13,18,21-22H. The number of nitrogens with zero attached hydrogens (tertiary/aromatic N) is 2. The lowest BCUT2D eigenvalue weighted by Crippen LogP contribution is -2.46. The third-order valence-electron chi connectivity index (χ3n) is 3.97. The van der Waals surface area contributed by atoms with Crippen molar-refractivity contribution >= 4 is 17.3 Å². The van der Waals surface area contributed by atoms with Crippen LogP contribution in [0.1, 0.15) is 22.1 Å². The van der Waals surface area contributed by atoms with Crippen molar-refractivity contribution in [1.82, 2.24) is 9.99 Å². The molecule has 118 valence electrons. The smallest absolute Gasteiger partial charge is 0.276 e. The summed E-state index contributed by atoms with van der Waals surface area (Å²) in [6, 6.07) is 21.0. The van der Waals surface area contributed by atoms with Crippen LogP contribution in [-0.2, 0) is 0 Å². The molecule has 2 aromatic carbocycles. The molecule has 0 saturated carbocycles. The van der Waals surface area contributed by atoms with Crippen LogP contribution in [-0.4, -0.2) is 15.9 Å². The molecule has 5 nitrogen and oxygen atoms in total. The van der Waals surface area contributed by atoms with E-state index in [-0.39, 0.29) is 12.1 Å². The summed E-state index contributed by atoms with van der Waals surface area (Å²) in [5.74, 6) is -0.0741. The highest BCUT2D eigenvalue weighted by molar-refractivity contribution is 6.02. The van der Waals surface area contributed by atoms with Crippen LogP contribution in [0, 0.1) is 0 Å². The number of hydrogen-bond acceptors (Lipinski definition) is 4. The number of amides is 1. The number of anilines is 2. The van der Waals surface area contributed by atoms with E-state index in [1.54, 1.807) is 17.4 Å². The van der Waals surface area contributed by atoms with Crippen LogP contribution >= 0.6 is 0 Å². The number of para-hydroxylation sites is 2. The van der Waals surface area contributed by atoms with Crippen molar-refractivity contribution in [1.29, 1.82) is 0 Å². The van der Waals surface area contributed by atoms with Crippen LogP contribution in [0.25, 0.3) is 0 Å². The number of carbonyl (C=O) groups is 1. The Hall–Kier alpha value is -3.34. The summed E-state index contributed by atoms with van der Waals surface area (Å²) in [4.78, 5) is 17.1. The second-order valence-electron chi connectivity index (χ2n) is 5.53. The summed E-state index contributed by atoms with van der Waals surface area (Å²) in [7, 11) is 0. The van der Waals surface area contributed by atoms with Gasteiger partial charge in [0.25, 0.3) is 5.91 Å². The summed E-state index contributed by atoms with van der Waals surface area (Å²) in [5.41, 5.74) is 6.50. The molecule has 1 aromatic heterocycles. The first-order chi connectivity index (χ1) is 11.8. The van der Waals surface area contributed by atoms with Gasteiger partial charge in [0.15, 0.2) is 0 Å². The predicted molar refractivity (Wildman–Crippen MR) is 93.3 cm³/mol. The highest BCUT2D eigenvalue weighted by Crippen LogP contribution is 2.32. The van der Waals surface area contributed by atoms with E-state index in [4.69, 9.17) is 0 Å². The fourth-order valence-corrected chi connectivity index (χ4v) is 2.80. The van der Waals surface area contributed by atoms with Gasteiger partial charge in [-0.05, 0) is 42.0 Å². The van der Waals surface area contributed by atoms with Crippen LogP contribution in [0.4, 0.5) is 11.4 Å². The molecule has 2 N–H and O–H groups in total. The number of benzene rings is 2. The molecular formula is C19H16N4O. The molecule has 0 saturated heterocycles. The first-order valence-corrected chi connectivity index (χ1v) is 7.74. The first-order valence-electron chi connectivity index (χ1n) is 7.74. The zero-order chi connectivity index (χ0) is 16.4. The molecule has 1 unspecified atom stereocenters. The number of fused-ring (bicyclic) bond motifs is 1. The molecular weight excluding hydrogens is 300 g/mol. The molecule has 24 heavy (non-hydrogen) atoms. The van der Waals surface area contributed by atoms with Gasteiger partial charge >= 0.3 is 0 Å². The predicted octanol–water partition coefficient (Wildman–Crippen LogP) is 3.68. The van der Waals surface area contributed by atoms with Crippen molar-refractivity contribution < 1.29 is 4.79 Å². The Labute approximate surface area is 139 Å². The molecule has 0 aliphatic carbocycles. The van der Waals surface area contributed by atoms with Gasteiger partial charge in [-0.2, -0.15) is 0 Å². The third-order valence-corrected chi connectivity index (χ3v) is 3.97. The third kappa shape index (κ3) is 2.56. The molecule has 0 bridgehead atoms. The number of aromatic nitrogens is 1. The number of carbonyl (C=O) groups excluding carboxylic acids is 1. The minimum Gasteiger partial charge on any atom is -0.359 e. The molecule has 0 spiro atoms. The lowest BCUT2D eigenvalue weighted by molar-refractivity contribution is 0.0733. The Bertz CT molecular complexity index is 852. The highest BCUT2D eigenvalue weighted by atomic mass is 16.2. The second-order valence-corrected chi connectivity index (χ2v) is 5.53. The van der Waals surface area contributed by atoms with E-state index in [0.29, 0.717) is 5.56 Å². The number of hydrazine groups is 1. The lowest BCUT2D eigenvalue weighted by atomic mass is 10.1. The van der Waals surface area contributed by atoms with Gasteiger partial charge in [-0.15, -0.1) is 0 Å². The zero-order valence-electron chi connectivity index (χ0n) is 12.9. The summed E-state index contributed by atoms with van der Waals surface area (Å²) in [6.07, 6.45) is 3.13. The monoisotopic (exact) mass is 316 g/mol. The molecule has 3 aromatic rings. The maximum atomic E-state index is 13.0. The van der Waals surface area contributed by atoms with E-state index in [1.165, 1.54) is 0 Å². The van der Waals surface area contributed by atoms with Gasteiger partial charge in [-0.1, -0.05) is 30.3 Å². The van der Waals surface area contributed by atoms with Crippen LogP contribution in [0.5, 0.6) is 0 Å². The lowest BCUT2D eigenvalue weighted by Gasteiger charge is -2.38. The summed E-state index contributed by atoms with van der Waals surface area (Å²) >= 11 is 0. The van der Waals surface area contributed by atoms with Crippen LogP contribution in [0.15, 0.2) is 79.1 Å². The molecule has 5 heteroatoms. The highest BCUT2D eigenvalue weighted by Gasteiger charge is 2.33. The number of hydrogen-bond donors (Lipinski definition) is 2. The minimum atomic E-state index is -0.324. The average molecular weight is 316 g/mol. The van der Waals surface area contributed by atoms with Gasteiger partial charge in [0, 0.05) is 18.1 Å². The van der Waals surface area contributed by atoms with E-state index in [0.717, 1.165) is 16.9 Å². The maximum Gasteiger partial charge on any atom is 0.276 e. The normalized spacial score (nSPS) is 16.2. The molecule has 2 heterocycles. The van der Waals surface area contributed by atoms with Crippen molar-refractivity contribution in [2.24, 2.45) is 0 Å². The quantitative estimate of drug-likeness (QED) is 0.774. The van der Waals surface area contributed by atoms with Gasteiger partial charge in [-0.25, -0.2) is 5.01 Å². The zero-order valence-corrected chi connectivity index (χ0v) is 12.9. The molecule has 1 aliphatic rings. The fraction of sp³-hybridized carbons (Fsp3) is 0.0526. The first kappa shape index (κ1) is 14.3. The fourth-order valence-electron chi connectivity index (χ4n) is 2.80. The van der Waals surface area contributed by atoms with Crippen LogP contribution in [0.3, 0.4) is 0 Å². The van der Waals surface area contributed by atoms with Crippen LogP contribution < -0.4 is 10.7 Å². The second kappa shape index (κ2) is 6.04. The van der Waals surface area contributed by atoms with Crippen molar-refractivity contribution in [3.8, 4) is 0 Å². The topological polar surface area (TPSA) is 57.3 Å². The maximum absolute atomic E-state index is 13.0. The Balaban J connectivity index is 1.76. The Morgan fingerprint density at radius 2 is 1.62 bits per heavy atom. The molecule has 0 radical (unpaired) electrons.